The highest BCUT2D eigenvalue weighted by Crippen LogP contribution is 1.82. The third kappa shape index (κ3) is 1.50. The van der Waals surface area contributed by atoms with Gasteiger partial charge in [0, 0.05) is 5.22 Å². The van der Waals surface area contributed by atoms with E-state index in [1.165, 1.54) is 0 Å². The summed E-state index contributed by atoms with van der Waals surface area (Å²) < 4.78 is 0. The Balaban J connectivity index is 3.60. The maximum absolute atomic E-state index is 5.45. The van der Waals surface area contributed by atoms with Gasteiger partial charge in [0.2, 0.25) is 5.95 Å². The van der Waals surface area contributed by atoms with Crippen molar-refractivity contribution in [2.45, 2.75) is 6.92 Å². The van der Waals surface area contributed by atoms with Crippen LogP contribution in [0.15, 0.2) is 12.7 Å². The maximum Gasteiger partial charge on any atom is 0.220 e. The standard InChI is InChI=1S/C9H11N3/c1-4-5-8-6(2)7(3)11-9(10)12-8/h4-5H,1-2H2,3H3,(H2,10,12)/b8-5+. The summed E-state index contributed by atoms with van der Waals surface area (Å²) in [6.07, 6.45) is 3.41. The van der Waals surface area contributed by atoms with Gasteiger partial charge in [0.05, 0.1) is 11.0 Å². The van der Waals surface area contributed by atoms with Crippen molar-refractivity contribution in [1.82, 2.24) is 9.97 Å². The number of aromatic nitrogens is 2. The molecule has 0 spiro atoms. The fourth-order valence-electron chi connectivity index (χ4n) is 0.890. The molecule has 12 heavy (non-hydrogen) atoms. The summed E-state index contributed by atoms with van der Waals surface area (Å²) in [5, 5.41) is 1.53. The molecule has 3 heteroatoms. The molecule has 0 saturated heterocycles. The number of aryl methyl sites for hydroxylation is 1. The Kier molecular flexibility index (Phi) is 2.24. The third-order valence-corrected chi connectivity index (χ3v) is 1.54. The first-order chi connectivity index (χ1) is 5.65. The summed E-state index contributed by atoms with van der Waals surface area (Å²) in [7, 11) is 0. The van der Waals surface area contributed by atoms with Gasteiger partial charge in [-0.2, -0.15) is 0 Å². The van der Waals surface area contributed by atoms with Gasteiger partial charge in [-0.1, -0.05) is 19.2 Å². The average molecular weight is 161 g/mol. The second kappa shape index (κ2) is 3.17. The largest absolute Gasteiger partial charge is 0.368 e. The van der Waals surface area contributed by atoms with Crippen molar-refractivity contribution in [3.63, 3.8) is 0 Å². The highest BCUT2D eigenvalue weighted by atomic mass is 15.0. The maximum atomic E-state index is 5.45. The number of hydrogen-bond donors (Lipinski definition) is 1. The minimum absolute atomic E-state index is 0.271. The van der Waals surface area contributed by atoms with Gasteiger partial charge in [0.25, 0.3) is 0 Å². The molecular formula is C9H11N3. The molecule has 0 atom stereocenters. The van der Waals surface area contributed by atoms with E-state index in [0.29, 0.717) is 0 Å². The van der Waals surface area contributed by atoms with Crippen LogP contribution in [0.2, 0.25) is 0 Å². The molecule has 0 saturated carbocycles. The molecule has 1 aromatic rings. The molecule has 2 N–H and O–H groups in total. The lowest BCUT2D eigenvalue weighted by Crippen LogP contribution is -2.31. The second-order valence-electron chi connectivity index (χ2n) is 2.43. The Morgan fingerprint density at radius 1 is 1.42 bits per heavy atom. The SMILES string of the molecule is C=C/C=c1/nc(N)nc(C)c1=C. The van der Waals surface area contributed by atoms with E-state index >= 15 is 0 Å². The minimum Gasteiger partial charge on any atom is -0.368 e. The number of nitrogens with two attached hydrogens (primary N) is 1. The van der Waals surface area contributed by atoms with Crippen LogP contribution in [0.4, 0.5) is 5.95 Å². The molecule has 0 aliphatic rings. The molecule has 0 unspecified atom stereocenters. The van der Waals surface area contributed by atoms with Crippen LogP contribution < -0.4 is 16.3 Å². The van der Waals surface area contributed by atoms with E-state index in [0.717, 1.165) is 16.3 Å². The summed E-state index contributed by atoms with van der Waals surface area (Å²) in [6, 6.07) is 0. The topological polar surface area (TPSA) is 51.8 Å². The molecule has 0 radical (unpaired) electrons. The fourth-order valence-corrected chi connectivity index (χ4v) is 0.890. The number of nitrogens with zero attached hydrogens (tertiary/aromatic N) is 2. The van der Waals surface area contributed by atoms with Gasteiger partial charge in [0.15, 0.2) is 0 Å². The zero-order valence-corrected chi connectivity index (χ0v) is 7.04. The molecule has 1 rings (SSSR count). The number of allylic oxidation sites excluding steroid dienone is 1. The smallest absolute Gasteiger partial charge is 0.220 e. The normalized spacial score (nSPS) is 11.6. The van der Waals surface area contributed by atoms with Crippen LogP contribution >= 0.6 is 0 Å². The Morgan fingerprint density at radius 3 is 2.67 bits per heavy atom. The quantitative estimate of drug-likeness (QED) is 0.617. The summed E-state index contributed by atoms with van der Waals surface area (Å²) in [4.78, 5) is 7.97. The summed E-state index contributed by atoms with van der Waals surface area (Å²) in [5.74, 6) is 0.271. The predicted octanol–water partition coefficient (Wildman–Crippen LogP) is -0.256. The average Bonchev–Trinajstić information content (AvgIpc) is 2.00. The molecule has 1 aromatic heterocycles. The first kappa shape index (κ1) is 8.46. The molecule has 0 aromatic carbocycles. The molecular weight excluding hydrogens is 150 g/mol. The van der Waals surface area contributed by atoms with Gasteiger partial charge in [-0.25, -0.2) is 9.97 Å². The van der Waals surface area contributed by atoms with Crippen LogP contribution in [-0.4, -0.2) is 9.97 Å². The van der Waals surface area contributed by atoms with Crippen molar-refractivity contribution in [2.75, 3.05) is 5.73 Å². The van der Waals surface area contributed by atoms with E-state index in [9.17, 15) is 0 Å². The Hall–Kier alpha value is -1.64. The second-order valence-corrected chi connectivity index (χ2v) is 2.43. The van der Waals surface area contributed by atoms with Crippen molar-refractivity contribution >= 4 is 18.6 Å². The summed E-state index contributed by atoms with van der Waals surface area (Å²) in [6.45, 7) is 9.24. The van der Waals surface area contributed by atoms with E-state index in [2.05, 4.69) is 23.1 Å². The van der Waals surface area contributed by atoms with Gasteiger partial charge in [-0.15, -0.1) is 0 Å². The van der Waals surface area contributed by atoms with Crippen LogP contribution in [0.3, 0.4) is 0 Å². The van der Waals surface area contributed by atoms with Crippen molar-refractivity contribution in [1.29, 1.82) is 0 Å². The predicted molar refractivity (Wildman–Crippen MR) is 50.6 cm³/mol. The number of hydrogen-bond acceptors (Lipinski definition) is 3. The molecule has 62 valence electrons. The highest BCUT2D eigenvalue weighted by molar-refractivity contribution is 5.36. The van der Waals surface area contributed by atoms with Crippen LogP contribution in [0.25, 0.3) is 12.7 Å². The number of nitrogen functional groups attached to an aromatic ring is 1. The van der Waals surface area contributed by atoms with Crippen LogP contribution in [0.5, 0.6) is 0 Å². The fraction of sp³-hybridized carbons (Fsp3) is 0.111. The molecule has 1 heterocycles. The lowest BCUT2D eigenvalue weighted by Gasteiger charge is -1.95. The van der Waals surface area contributed by atoms with E-state index < -0.39 is 0 Å². The number of anilines is 1. The number of rotatable bonds is 1. The van der Waals surface area contributed by atoms with Crippen molar-refractivity contribution < 1.29 is 0 Å². The highest BCUT2D eigenvalue weighted by Gasteiger charge is 1.93. The Labute approximate surface area is 71.0 Å². The van der Waals surface area contributed by atoms with Gasteiger partial charge < -0.3 is 5.73 Å². The molecule has 0 aliphatic carbocycles. The van der Waals surface area contributed by atoms with E-state index in [1.807, 2.05) is 6.92 Å². The van der Waals surface area contributed by atoms with Gasteiger partial charge in [0.1, 0.15) is 0 Å². The van der Waals surface area contributed by atoms with Gasteiger partial charge in [-0.3, -0.25) is 0 Å². The van der Waals surface area contributed by atoms with E-state index in [-0.39, 0.29) is 5.95 Å². The summed E-state index contributed by atoms with van der Waals surface area (Å²) >= 11 is 0. The monoisotopic (exact) mass is 161 g/mol. The third-order valence-electron chi connectivity index (χ3n) is 1.54. The van der Waals surface area contributed by atoms with Gasteiger partial charge in [-0.05, 0) is 13.0 Å². The van der Waals surface area contributed by atoms with E-state index in [1.54, 1.807) is 12.2 Å². The van der Waals surface area contributed by atoms with Gasteiger partial charge >= 0.3 is 0 Å². The molecule has 0 amide bonds. The summed E-state index contributed by atoms with van der Waals surface area (Å²) in [5.41, 5.74) is 6.26. The zero-order chi connectivity index (χ0) is 9.14. The first-order valence-corrected chi connectivity index (χ1v) is 3.57. The molecule has 0 aliphatic heterocycles. The molecule has 0 bridgehead atoms. The lowest BCUT2D eigenvalue weighted by molar-refractivity contribution is 1.06. The molecule has 3 nitrogen and oxygen atoms in total. The molecule has 0 fully saturated rings. The van der Waals surface area contributed by atoms with Crippen molar-refractivity contribution in [2.24, 2.45) is 0 Å². The van der Waals surface area contributed by atoms with Crippen LogP contribution in [0.1, 0.15) is 5.69 Å². The van der Waals surface area contributed by atoms with Crippen LogP contribution in [-0.2, 0) is 0 Å². The minimum atomic E-state index is 0.271. The first-order valence-electron chi connectivity index (χ1n) is 3.57. The lowest BCUT2D eigenvalue weighted by atomic mass is 10.3. The van der Waals surface area contributed by atoms with Crippen molar-refractivity contribution in [3.8, 4) is 0 Å². The Bertz CT molecular complexity index is 407. The van der Waals surface area contributed by atoms with Crippen LogP contribution in [0, 0.1) is 6.92 Å². The van der Waals surface area contributed by atoms with Crippen molar-refractivity contribution in [3.05, 3.63) is 28.9 Å². The zero-order valence-electron chi connectivity index (χ0n) is 7.04. The Morgan fingerprint density at radius 2 is 2.08 bits per heavy atom. The van der Waals surface area contributed by atoms with E-state index in [4.69, 9.17) is 5.73 Å².